The van der Waals surface area contributed by atoms with Crippen LogP contribution in [0.15, 0.2) is 16.6 Å². The van der Waals surface area contributed by atoms with Crippen LogP contribution < -0.4 is 0 Å². The first-order valence-corrected chi connectivity index (χ1v) is 7.39. The summed E-state index contributed by atoms with van der Waals surface area (Å²) in [6.45, 7) is 0.504. The van der Waals surface area contributed by atoms with Gasteiger partial charge in [-0.05, 0) is 28.1 Å². The van der Waals surface area contributed by atoms with Gasteiger partial charge in [0.15, 0.2) is 5.78 Å². The highest BCUT2D eigenvalue weighted by Crippen LogP contribution is 2.23. The summed E-state index contributed by atoms with van der Waals surface area (Å²) >= 11 is 4.59. The van der Waals surface area contributed by atoms with Gasteiger partial charge in [0, 0.05) is 23.5 Å². The smallest absolute Gasteiger partial charge is 0.166 e. The van der Waals surface area contributed by atoms with Gasteiger partial charge in [0.1, 0.15) is 17.7 Å². The van der Waals surface area contributed by atoms with Crippen LogP contribution in [0.5, 0.6) is 0 Å². The lowest BCUT2D eigenvalue weighted by molar-refractivity contribution is -0.128. The summed E-state index contributed by atoms with van der Waals surface area (Å²) in [6.07, 6.45) is -0.830. The van der Waals surface area contributed by atoms with Gasteiger partial charge in [-0.15, -0.1) is 0 Å². The molecule has 0 spiro atoms. The first kappa shape index (κ1) is 14.0. The number of benzene rings is 1. The van der Waals surface area contributed by atoms with Crippen molar-refractivity contribution in [1.82, 2.24) is 0 Å². The predicted molar refractivity (Wildman–Crippen MR) is 69.8 cm³/mol. The molecule has 1 fully saturated rings. The van der Waals surface area contributed by atoms with Crippen LogP contribution in [-0.2, 0) is 16.0 Å². The molecule has 0 amide bonds. The lowest BCUT2D eigenvalue weighted by atomic mass is 10.0. The van der Waals surface area contributed by atoms with E-state index in [9.17, 15) is 13.6 Å². The molecule has 1 heterocycles. The summed E-state index contributed by atoms with van der Waals surface area (Å²) in [5, 5.41) is 0. The fourth-order valence-electron chi connectivity index (χ4n) is 1.69. The average Bonchev–Trinajstić information content (AvgIpc) is 2.40. The minimum absolute atomic E-state index is 0.158. The van der Waals surface area contributed by atoms with E-state index >= 15 is 0 Å². The maximum atomic E-state index is 13.7. The Morgan fingerprint density at radius 1 is 1.50 bits per heavy atom. The molecule has 2 rings (SSSR count). The number of Topliss-reactive ketones (excluding diaryl/α,β-unsaturated/α-hetero) is 1. The number of rotatable bonds is 3. The van der Waals surface area contributed by atoms with E-state index in [0.717, 1.165) is 11.8 Å². The number of ketones is 1. The Labute approximate surface area is 116 Å². The van der Waals surface area contributed by atoms with Gasteiger partial charge in [0.2, 0.25) is 0 Å². The van der Waals surface area contributed by atoms with Crippen molar-refractivity contribution in [2.45, 2.75) is 12.5 Å². The number of hydrogen-bond acceptors (Lipinski definition) is 3. The van der Waals surface area contributed by atoms with E-state index in [1.165, 1.54) is 6.07 Å². The molecule has 2 nitrogen and oxygen atoms in total. The fraction of sp³-hybridized carbons (Fsp3) is 0.417. The number of carbonyl (C=O) groups excluding carboxylic acids is 1. The molecule has 0 N–H and O–H groups in total. The summed E-state index contributed by atoms with van der Waals surface area (Å²) in [6, 6.07) is 2.43. The molecule has 1 unspecified atom stereocenters. The maximum Gasteiger partial charge on any atom is 0.166 e. The summed E-state index contributed by atoms with van der Waals surface area (Å²) < 4.78 is 32.7. The van der Waals surface area contributed by atoms with Crippen molar-refractivity contribution in [3.05, 3.63) is 33.8 Å². The van der Waals surface area contributed by atoms with Crippen molar-refractivity contribution in [2.24, 2.45) is 0 Å². The molecule has 1 aromatic carbocycles. The number of carbonyl (C=O) groups is 1. The maximum absolute atomic E-state index is 13.7. The molecule has 1 aromatic rings. The topological polar surface area (TPSA) is 26.3 Å². The quantitative estimate of drug-likeness (QED) is 0.794. The lowest BCUT2D eigenvalue weighted by Gasteiger charge is -2.21. The number of thioether (sulfide) groups is 1. The van der Waals surface area contributed by atoms with Crippen LogP contribution in [0, 0.1) is 11.6 Å². The van der Waals surface area contributed by atoms with Crippen molar-refractivity contribution in [1.29, 1.82) is 0 Å². The van der Waals surface area contributed by atoms with E-state index in [4.69, 9.17) is 4.74 Å². The van der Waals surface area contributed by atoms with Gasteiger partial charge in [-0.25, -0.2) is 8.78 Å². The second kappa shape index (κ2) is 6.12. The fourth-order valence-corrected chi connectivity index (χ4v) is 2.94. The average molecular weight is 337 g/mol. The number of ether oxygens (including phenoxy) is 1. The van der Waals surface area contributed by atoms with Gasteiger partial charge in [0.05, 0.1) is 11.1 Å². The summed E-state index contributed by atoms with van der Waals surface area (Å²) in [7, 11) is 0. The third-order valence-electron chi connectivity index (χ3n) is 2.66. The van der Waals surface area contributed by atoms with Gasteiger partial charge >= 0.3 is 0 Å². The molecule has 0 bridgehead atoms. The molecule has 1 aliphatic heterocycles. The molecule has 0 aromatic heterocycles. The van der Waals surface area contributed by atoms with Crippen LogP contribution in [0.4, 0.5) is 8.78 Å². The van der Waals surface area contributed by atoms with Crippen LogP contribution >= 0.6 is 27.7 Å². The van der Waals surface area contributed by atoms with Gasteiger partial charge < -0.3 is 4.74 Å². The van der Waals surface area contributed by atoms with E-state index in [0.29, 0.717) is 12.4 Å². The van der Waals surface area contributed by atoms with Crippen LogP contribution in [0.1, 0.15) is 5.56 Å². The van der Waals surface area contributed by atoms with Gasteiger partial charge in [-0.1, -0.05) is 0 Å². The van der Waals surface area contributed by atoms with E-state index in [-0.39, 0.29) is 22.2 Å². The van der Waals surface area contributed by atoms with Crippen molar-refractivity contribution >= 4 is 33.5 Å². The Kier molecular flexibility index (Phi) is 4.75. The van der Waals surface area contributed by atoms with E-state index in [1.807, 2.05) is 0 Å². The summed E-state index contributed by atoms with van der Waals surface area (Å²) in [5.74, 6) is -0.295. The zero-order valence-electron chi connectivity index (χ0n) is 9.42. The Morgan fingerprint density at radius 3 is 2.94 bits per heavy atom. The number of halogens is 3. The highest BCUT2D eigenvalue weighted by atomic mass is 79.9. The third-order valence-corrected chi connectivity index (χ3v) is 4.27. The minimum atomic E-state index is -0.716. The molecule has 1 atom stereocenters. The zero-order chi connectivity index (χ0) is 13.1. The second-order valence-electron chi connectivity index (χ2n) is 3.90. The normalized spacial score (nSPS) is 19.8. The third kappa shape index (κ3) is 3.10. The first-order chi connectivity index (χ1) is 8.59. The van der Waals surface area contributed by atoms with Gasteiger partial charge in [-0.2, -0.15) is 11.8 Å². The highest BCUT2D eigenvalue weighted by Gasteiger charge is 2.25. The zero-order valence-corrected chi connectivity index (χ0v) is 11.8. The number of hydrogen-bond donors (Lipinski definition) is 0. The SMILES string of the molecule is O=C(Cc1c(F)ccc(Br)c1F)C1CSCCO1. The van der Waals surface area contributed by atoms with Crippen LogP contribution in [-0.4, -0.2) is 30.0 Å². The Balaban J connectivity index is 2.13. The molecule has 0 radical (unpaired) electrons. The Hall–Kier alpha value is -0.460. The molecule has 18 heavy (non-hydrogen) atoms. The van der Waals surface area contributed by atoms with Crippen LogP contribution in [0.3, 0.4) is 0 Å². The van der Waals surface area contributed by atoms with Crippen molar-refractivity contribution in [3.63, 3.8) is 0 Å². The molecule has 1 saturated heterocycles. The predicted octanol–water partition coefficient (Wildman–Crippen LogP) is 2.97. The van der Waals surface area contributed by atoms with Crippen LogP contribution in [0.25, 0.3) is 0 Å². The molecule has 1 aliphatic rings. The van der Waals surface area contributed by atoms with Crippen molar-refractivity contribution in [2.75, 3.05) is 18.1 Å². The van der Waals surface area contributed by atoms with Crippen molar-refractivity contribution < 1.29 is 18.3 Å². The molecular weight excluding hydrogens is 326 g/mol. The van der Waals surface area contributed by atoms with E-state index < -0.39 is 17.7 Å². The lowest BCUT2D eigenvalue weighted by Crippen LogP contribution is -2.33. The minimum Gasteiger partial charge on any atom is -0.369 e. The molecule has 0 saturated carbocycles. The Morgan fingerprint density at radius 2 is 2.28 bits per heavy atom. The molecule has 0 aliphatic carbocycles. The van der Waals surface area contributed by atoms with Gasteiger partial charge in [-0.3, -0.25) is 4.79 Å². The van der Waals surface area contributed by atoms with Crippen molar-refractivity contribution in [3.8, 4) is 0 Å². The van der Waals surface area contributed by atoms with E-state index in [2.05, 4.69) is 15.9 Å². The summed E-state index contributed by atoms with van der Waals surface area (Å²) in [4.78, 5) is 11.9. The molecular formula is C12H11BrF2O2S. The second-order valence-corrected chi connectivity index (χ2v) is 5.90. The molecule has 6 heteroatoms. The Bertz CT molecular complexity index is 462. The first-order valence-electron chi connectivity index (χ1n) is 5.44. The monoisotopic (exact) mass is 336 g/mol. The summed E-state index contributed by atoms with van der Waals surface area (Å²) in [5.41, 5.74) is -0.200. The van der Waals surface area contributed by atoms with Crippen LogP contribution in [0.2, 0.25) is 0 Å². The standard InChI is InChI=1S/C12H11BrF2O2S/c13-8-1-2-9(14)7(12(8)15)5-10(16)11-6-18-4-3-17-11/h1-2,11H,3-6H2. The largest absolute Gasteiger partial charge is 0.369 e. The van der Waals surface area contributed by atoms with Gasteiger partial charge in [0.25, 0.3) is 0 Å². The van der Waals surface area contributed by atoms with E-state index in [1.54, 1.807) is 11.8 Å². The molecule has 98 valence electrons. The highest BCUT2D eigenvalue weighted by molar-refractivity contribution is 9.10.